The third kappa shape index (κ3) is 5.17. The smallest absolute Gasteiger partial charge is 0.189 e. The fraction of sp³-hybridized carbons (Fsp3) is 0.316. The number of guanidine groups is 1. The average molecular weight is 488 g/mol. The second kappa shape index (κ2) is 9.87. The minimum atomic E-state index is 0. The van der Waals surface area contributed by atoms with E-state index in [1.165, 1.54) is 0 Å². The fourth-order valence-corrected chi connectivity index (χ4v) is 3.00. The number of rotatable bonds is 5. The molecule has 0 radical (unpaired) electrons. The number of halogens is 2. The van der Waals surface area contributed by atoms with Gasteiger partial charge in [0, 0.05) is 22.6 Å². The second-order valence-corrected chi connectivity index (χ2v) is 6.19. The Morgan fingerprint density at radius 1 is 1.35 bits per heavy atom. The van der Waals surface area contributed by atoms with Gasteiger partial charge in [0.25, 0.3) is 0 Å². The first-order valence-electron chi connectivity index (χ1n) is 8.36. The number of hydrogen-bond donors (Lipinski definition) is 2. The summed E-state index contributed by atoms with van der Waals surface area (Å²) in [6, 6.07) is 13.6. The normalized spacial score (nSPS) is 16.1. The molecule has 0 amide bonds. The van der Waals surface area contributed by atoms with Crippen molar-refractivity contribution >= 4 is 41.5 Å². The van der Waals surface area contributed by atoms with Crippen molar-refractivity contribution < 1.29 is 9.47 Å². The summed E-state index contributed by atoms with van der Waals surface area (Å²) in [4.78, 5) is 4.45. The summed E-state index contributed by atoms with van der Waals surface area (Å²) in [6.07, 6.45) is 0.846. The molecule has 0 spiro atoms. The van der Waals surface area contributed by atoms with Crippen molar-refractivity contribution in [2.75, 3.05) is 13.2 Å². The summed E-state index contributed by atoms with van der Waals surface area (Å²) >= 11 is 6.03. The van der Waals surface area contributed by atoms with Crippen molar-refractivity contribution in [2.45, 2.75) is 25.9 Å². The molecule has 0 saturated carbocycles. The Hall–Kier alpha value is -1.67. The van der Waals surface area contributed by atoms with Gasteiger partial charge in [0.1, 0.15) is 11.5 Å². The van der Waals surface area contributed by atoms with Gasteiger partial charge in [0.05, 0.1) is 25.8 Å². The highest BCUT2D eigenvalue weighted by Crippen LogP contribution is 2.31. The Morgan fingerprint density at radius 3 is 2.96 bits per heavy atom. The van der Waals surface area contributed by atoms with E-state index >= 15 is 0 Å². The van der Waals surface area contributed by atoms with Crippen molar-refractivity contribution in [1.82, 2.24) is 5.32 Å². The van der Waals surface area contributed by atoms with Gasteiger partial charge in [-0.2, -0.15) is 0 Å². The molecule has 2 aromatic rings. The van der Waals surface area contributed by atoms with Crippen LogP contribution >= 0.6 is 35.6 Å². The van der Waals surface area contributed by atoms with Gasteiger partial charge < -0.3 is 20.5 Å². The molecule has 7 heteroatoms. The number of benzene rings is 2. The molecule has 5 nitrogen and oxygen atoms in total. The van der Waals surface area contributed by atoms with Crippen LogP contribution in [0.2, 0.25) is 5.02 Å². The molecule has 0 aliphatic carbocycles. The summed E-state index contributed by atoms with van der Waals surface area (Å²) in [6.45, 7) is 3.60. The van der Waals surface area contributed by atoms with Crippen LogP contribution in [0, 0.1) is 0 Å². The molecular formula is C19H23ClIN3O2. The van der Waals surface area contributed by atoms with E-state index in [0.29, 0.717) is 30.7 Å². The molecule has 1 heterocycles. The van der Waals surface area contributed by atoms with Gasteiger partial charge in [0.2, 0.25) is 0 Å². The Labute approximate surface area is 175 Å². The van der Waals surface area contributed by atoms with Gasteiger partial charge in [-0.3, -0.25) is 0 Å². The summed E-state index contributed by atoms with van der Waals surface area (Å²) in [5, 5.41) is 3.93. The molecule has 2 aromatic carbocycles. The molecule has 140 valence electrons. The molecule has 26 heavy (non-hydrogen) atoms. The Morgan fingerprint density at radius 2 is 2.15 bits per heavy atom. The van der Waals surface area contributed by atoms with Gasteiger partial charge in [-0.25, -0.2) is 4.99 Å². The van der Waals surface area contributed by atoms with Crippen LogP contribution in [0.25, 0.3) is 0 Å². The fourth-order valence-electron chi connectivity index (χ4n) is 2.84. The first kappa shape index (κ1) is 20.6. The summed E-state index contributed by atoms with van der Waals surface area (Å²) in [5.74, 6) is 2.04. The summed E-state index contributed by atoms with van der Waals surface area (Å²) < 4.78 is 11.3. The third-order valence-electron chi connectivity index (χ3n) is 4.03. The molecule has 1 unspecified atom stereocenters. The van der Waals surface area contributed by atoms with Crippen LogP contribution in [0.15, 0.2) is 47.5 Å². The van der Waals surface area contributed by atoms with Crippen LogP contribution in [0.4, 0.5) is 0 Å². The number of aliphatic imine (C=N–C) groups is 1. The number of hydrogen-bond acceptors (Lipinski definition) is 3. The van der Waals surface area contributed by atoms with Gasteiger partial charge >= 0.3 is 0 Å². The van der Waals surface area contributed by atoms with Crippen molar-refractivity contribution in [3.63, 3.8) is 0 Å². The topological polar surface area (TPSA) is 68.9 Å². The zero-order valence-corrected chi connectivity index (χ0v) is 17.7. The minimum Gasteiger partial charge on any atom is -0.493 e. The zero-order chi connectivity index (χ0) is 17.6. The van der Waals surface area contributed by atoms with Crippen LogP contribution in [0.3, 0.4) is 0 Å². The molecule has 0 aromatic heterocycles. The standard InChI is InChI=1S/C19H22ClN3O2.HI/c1-2-24-18-11-14(20)8-7-13(18)12-22-19(21)23-16-9-10-25-17-6-4-3-5-15(16)17;/h3-8,11,16H,2,9-10,12H2,1H3,(H3,21,22,23);1H. The van der Waals surface area contributed by atoms with E-state index < -0.39 is 0 Å². The maximum atomic E-state index is 6.09. The van der Waals surface area contributed by atoms with Crippen LogP contribution in [0.5, 0.6) is 11.5 Å². The van der Waals surface area contributed by atoms with Gasteiger partial charge in [0.15, 0.2) is 5.96 Å². The molecule has 3 rings (SSSR count). The van der Waals surface area contributed by atoms with Crippen molar-refractivity contribution in [3.8, 4) is 11.5 Å². The molecule has 1 aliphatic rings. The number of ether oxygens (including phenoxy) is 2. The number of fused-ring (bicyclic) bond motifs is 1. The quantitative estimate of drug-likeness (QED) is 0.375. The highest BCUT2D eigenvalue weighted by molar-refractivity contribution is 14.0. The van der Waals surface area contributed by atoms with Crippen LogP contribution < -0.4 is 20.5 Å². The Balaban J connectivity index is 0.00000243. The molecule has 0 bridgehead atoms. The highest BCUT2D eigenvalue weighted by Gasteiger charge is 2.21. The maximum Gasteiger partial charge on any atom is 0.189 e. The molecule has 3 N–H and O–H groups in total. The first-order chi connectivity index (χ1) is 12.2. The predicted octanol–water partition coefficient (Wildman–Crippen LogP) is 4.28. The van der Waals surface area contributed by atoms with Crippen LogP contribution in [-0.4, -0.2) is 19.2 Å². The van der Waals surface area contributed by atoms with E-state index in [2.05, 4.69) is 10.3 Å². The molecule has 0 saturated heterocycles. The number of nitrogens with zero attached hydrogens (tertiary/aromatic N) is 1. The number of nitrogens with one attached hydrogen (secondary N) is 1. The van der Waals surface area contributed by atoms with Crippen LogP contribution in [0.1, 0.15) is 30.5 Å². The summed E-state index contributed by atoms with van der Waals surface area (Å²) in [7, 11) is 0. The minimum absolute atomic E-state index is 0. The van der Waals surface area contributed by atoms with Gasteiger partial charge in [-0.15, -0.1) is 24.0 Å². The lowest BCUT2D eigenvalue weighted by molar-refractivity contribution is 0.262. The first-order valence-corrected chi connectivity index (χ1v) is 8.74. The molecule has 0 fully saturated rings. The molecule has 1 aliphatic heterocycles. The zero-order valence-electron chi connectivity index (χ0n) is 14.6. The van der Waals surface area contributed by atoms with E-state index in [4.69, 9.17) is 26.8 Å². The van der Waals surface area contributed by atoms with E-state index in [1.807, 2.05) is 43.3 Å². The molecule has 1 atom stereocenters. The molecular weight excluding hydrogens is 465 g/mol. The number of para-hydroxylation sites is 1. The average Bonchev–Trinajstić information content (AvgIpc) is 2.62. The van der Waals surface area contributed by atoms with E-state index in [9.17, 15) is 0 Å². The Bertz CT molecular complexity index is 770. The number of nitrogens with two attached hydrogens (primary N) is 1. The maximum absolute atomic E-state index is 6.09. The van der Waals surface area contributed by atoms with Crippen molar-refractivity contribution in [2.24, 2.45) is 10.7 Å². The SMILES string of the molecule is CCOc1cc(Cl)ccc1CN=C(N)NC1CCOc2ccccc21.I. The lowest BCUT2D eigenvalue weighted by Crippen LogP contribution is -2.37. The van der Waals surface area contributed by atoms with Crippen LogP contribution in [-0.2, 0) is 6.54 Å². The van der Waals surface area contributed by atoms with Gasteiger partial charge in [-0.1, -0.05) is 35.9 Å². The van der Waals surface area contributed by atoms with E-state index in [0.717, 1.165) is 29.0 Å². The van der Waals surface area contributed by atoms with E-state index in [-0.39, 0.29) is 30.0 Å². The van der Waals surface area contributed by atoms with E-state index in [1.54, 1.807) is 6.07 Å². The third-order valence-corrected chi connectivity index (χ3v) is 4.26. The largest absolute Gasteiger partial charge is 0.493 e. The van der Waals surface area contributed by atoms with Crippen molar-refractivity contribution in [1.29, 1.82) is 0 Å². The predicted molar refractivity (Wildman–Crippen MR) is 116 cm³/mol. The van der Waals surface area contributed by atoms with Crippen molar-refractivity contribution in [3.05, 3.63) is 58.6 Å². The lowest BCUT2D eigenvalue weighted by atomic mass is 10.0. The summed E-state index contributed by atoms with van der Waals surface area (Å²) in [5.41, 5.74) is 8.15. The highest BCUT2D eigenvalue weighted by atomic mass is 127. The Kier molecular flexibility index (Phi) is 7.84. The van der Waals surface area contributed by atoms with Gasteiger partial charge in [-0.05, 0) is 25.1 Å². The second-order valence-electron chi connectivity index (χ2n) is 5.76. The monoisotopic (exact) mass is 487 g/mol. The lowest BCUT2D eigenvalue weighted by Gasteiger charge is -2.27.